The molecule has 0 spiro atoms. The van der Waals surface area contributed by atoms with E-state index in [0.717, 1.165) is 54.9 Å². The zero-order chi connectivity index (χ0) is 24.6. The average Bonchev–Trinajstić information content (AvgIpc) is 3.50. The highest BCUT2D eigenvalue weighted by molar-refractivity contribution is 7.90. The van der Waals surface area contributed by atoms with Crippen molar-refractivity contribution in [2.45, 2.75) is 50.0 Å². The first-order valence-corrected chi connectivity index (χ1v) is 13.6. The number of hydrogen-bond donors (Lipinski definition) is 0. The third-order valence-corrected chi connectivity index (χ3v) is 8.63. The highest BCUT2D eigenvalue weighted by Crippen LogP contribution is 2.35. The summed E-state index contributed by atoms with van der Waals surface area (Å²) in [5.74, 6) is 0.825. The monoisotopic (exact) mass is 497 g/mol. The predicted octanol–water partition coefficient (Wildman–Crippen LogP) is 4.33. The van der Waals surface area contributed by atoms with Crippen LogP contribution in [0.15, 0.2) is 58.2 Å². The Balaban J connectivity index is 1.68. The Morgan fingerprint density at radius 3 is 2.40 bits per heavy atom. The normalized spacial score (nSPS) is 16.8. The Labute approximate surface area is 205 Å². The van der Waals surface area contributed by atoms with Crippen LogP contribution in [0.4, 0.5) is 5.69 Å². The van der Waals surface area contributed by atoms with Crippen molar-refractivity contribution in [1.82, 2.24) is 8.54 Å². The topological polar surface area (TPSA) is 82.8 Å². The molecule has 0 saturated heterocycles. The van der Waals surface area contributed by atoms with Gasteiger partial charge in [0.2, 0.25) is 0 Å². The summed E-state index contributed by atoms with van der Waals surface area (Å²) in [5, 5.41) is 0. The van der Waals surface area contributed by atoms with Gasteiger partial charge in [-0.1, -0.05) is 31.4 Å². The van der Waals surface area contributed by atoms with Gasteiger partial charge in [0.1, 0.15) is 16.4 Å². The summed E-state index contributed by atoms with van der Waals surface area (Å²) in [7, 11) is -2.79. The molecule has 35 heavy (non-hydrogen) atoms. The zero-order valence-corrected chi connectivity index (χ0v) is 21.0. The second-order valence-corrected chi connectivity index (χ2v) is 10.8. The minimum Gasteiger partial charge on any atom is -0.495 e. The highest BCUT2D eigenvalue weighted by atomic mass is 32.2. The van der Waals surface area contributed by atoms with Gasteiger partial charge in [-0.2, -0.15) is 3.97 Å². The fourth-order valence-corrected chi connectivity index (χ4v) is 6.75. The van der Waals surface area contributed by atoms with Gasteiger partial charge in [0.15, 0.2) is 0 Å². The zero-order valence-electron chi connectivity index (χ0n) is 20.1. The summed E-state index contributed by atoms with van der Waals surface area (Å²) >= 11 is 0. The Morgan fingerprint density at radius 2 is 1.71 bits per heavy atom. The number of hydrogen-bond acceptors (Lipinski definition) is 6. The standard InChI is InChI=1S/C26H31N3O5S/c1-3-34-21-12-13-22-23(18-21)28(19-9-5-4-6-10-19)26(30)29(22)35(31,32)25-14-11-20(17-24(25)33-2)27-15-7-8-16-27/h7-8,11-14,17-19H,3-6,9-10,15-16H2,1-2H3. The molecule has 0 radical (unpaired) electrons. The Kier molecular flexibility index (Phi) is 6.35. The molecule has 186 valence electrons. The molecule has 2 aliphatic rings. The molecule has 1 aliphatic carbocycles. The van der Waals surface area contributed by atoms with Crippen molar-refractivity contribution in [2.75, 3.05) is 31.7 Å². The van der Waals surface area contributed by atoms with Crippen molar-refractivity contribution in [3.63, 3.8) is 0 Å². The third kappa shape index (κ3) is 4.11. The van der Waals surface area contributed by atoms with Gasteiger partial charge in [0, 0.05) is 37.0 Å². The fraction of sp³-hybridized carbons (Fsp3) is 0.423. The van der Waals surface area contributed by atoms with E-state index >= 15 is 0 Å². The molecule has 0 bridgehead atoms. The predicted molar refractivity (Wildman–Crippen MR) is 136 cm³/mol. The maximum absolute atomic E-state index is 14.0. The minimum atomic E-state index is -4.24. The van der Waals surface area contributed by atoms with Crippen molar-refractivity contribution in [2.24, 2.45) is 0 Å². The van der Waals surface area contributed by atoms with E-state index in [1.165, 1.54) is 13.2 Å². The van der Waals surface area contributed by atoms with Gasteiger partial charge in [-0.3, -0.25) is 4.57 Å². The van der Waals surface area contributed by atoms with E-state index in [0.29, 0.717) is 23.4 Å². The largest absolute Gasteiger partial charge is 0.495 e. The Morgan fingerprint density at radius 1 is 0.971 bits per heavy atom. The first-order valence-electron chi connectivity index (χ1n) is 12.2. The van der Waals surface area contributed by atoms with Crippen LogP contribution in [-0.2, 0) is 10.0 Å². The Bertz CT molecular complexity index is 1420. The second-order valence-electron chi connectivity index (χ2n) is 9.01. The van der Waals surface area contributed by atoms with Crippen LogP contribution in [-0.4, -0.2) is 43.8 Å². The molecule has 5 rings (SSSR count). The number of anilines is 1. The summed E-state index contributed by atoms with van der Waals surface area (Å²) in [4.78, 5) is 15.9. The third-order valence-electron chi connectivity index (χ3n) is 6.90. The molecule has 2 aromatic carbocycles. The second kappa shape index (κ2) is 9.45. The van der Waals surface area contributed by atoms with E-state index in [9.17, 15) is 13.2 Å². The molecule has 3 aromatic rings. The molecule has 0 N–H and O–H groups in total. The van der Waals surface area contributed by atoms with Gasteiger partial charge in [0.05, 0.1) is 24.8 Å². The van der Waals surface area contributed by atoms with Crippen molar-refractivity contribution in [3.8, 4) is 11.5 Å². The average molecular weight is 498 g/mol. The van der Waals surface area contributed by atoms with E-state index in [-0.39, 0.29) is 16.7 Å². The number of ether oxygens (including phenoxy) is 2. The summed E-state index contributed by atoms with van der Waals surface area (Å²) < 4.78 is 41.8. The van der Waals surface area contributed by atoms with Gasteiger partial charge in [-0.05, 0) is 44.0 Å². The van der Waals surface area contributed by atoms with Crippen LogP contribution in [0.25, 0.3) is 11.0 Å². The van der Waals surface area contributed by atoms with E-state index in [1.54, 1.807) is 34.9 Å². The smallest absolute Gasteiger partial charge is 0.343 e. The van der Waals surface area contributed by atoms with Crippen molar-refractivity contribution < 1.29 is 17.9 Å². The van der Waals surface area contributed by atoms with E-state index in [1.807, 2.05) is 6.92 Å². The fourth-order valence-electron chi connectivity index (χ4n) is 5.21. The highest BCUT2D eigenvalue weighted by Gasteiger charge is 2.31. The van der Waals surface area contributed by atoms with Gasteiger partial charge in [-0.25, -0.2) is 13.2 Å². The summed E-state index contributed by atoms with van der Waals surface area (Å²) in [6.07, 6.45) is 8.98. The van der Waals surface area contributed by atoms with Crippen molar-refractivity contribution in [1.29, 1.82) is 0 Å². The first kappa shape index (κ1) is 23.5. The lowest BCUT2D eigenvalue weighted by Gasteiger charge is -2.23. The van der Waals surface area contributed by atoms with Gasteiger partial charge >= 0.3 is 5.69 Å². The molecular formula is C26H31N3O5S. The summed E-state index contributed by atoms with van der Waals surface area (Å²) in [6.45, 7) is 3.88. The maximum Gasteiger partial charge on any atom is 0.343 e. The first-order chi connectivity index (χ1) is 17.0. The van der Waals surface area contributed by atoms with E-state index in [4.69, 9.17) is 9.47 Å². The van der Waals surface area contributed by atoms with Crippen LogP contribution in [0.2, 0.25) is 0 Å². The lowest BCUT2D eigenvalue weighted by atomic mass is 9.95. The molecule has 1 fully saturated rings. The number of benzene rings is 2. The number of methoxy groups -OCH3 is 1. The van der Waals surface area contributed by atoms with Crippen LogP contribution in [0, 0.1) is 0 Å². The molecule has 0 amide bonds. The van der Waals surface area contributed by atoms with Crippen molar-refractivity contribution in [3.05, 3.63) is 59.0 Å². The van der Waals surface area contributed by atoms with E-state index in [2.05, 4.69) is 17.1 Å². The number of rotatable bonds is 7. The molecule has 9 heteroatoms. The number of aromatic nitrogens is 2. The summed E-state index contributed by atoms with van der Waals surface area (Å²) in [6, 6.07) is 10.1. The van der Waals surface area contributed by atoms with Crippen LogP contribution in [0.5, 0.6) is 11.5 Å². The van der Waals surface area contributed by atoms with Crippen LogP contribution in [0.1, 0.15) is 45.1 Å². The molecule has 2 heterocycles. The van der Waals surface area contributed by atoms with Gasteiger partial charge in [-0.15, -0.1) is 0 Å². The van der Waals surface area contributed by atoms with Crippen molar-refractivity contribution >= 4 is 26.7 Å². The lowest BCUT2D eigenvalue weighted by Crippen LogP contribution is -2.32. The Hall–Kier alpha value is -3.20. The number of imidazole rings is 1. The number of nitrogens with zero attached hydrogens (tertiary/aromatic N) is 3. The molecule has 1 saturated carbocycles. The molecular weight excluding hydrogens is 466 g/mol. The molecule has 0 unspecified atom stereocenters. The summed E-state index contributed by atoms with van der Waals surface area (Å²) in [5.41, 5.74) is 1.24. The quantitative estimate of drug-likeness (QED) is 0.452. The van der Waals surface area contributed by atoms with Crippen LogP contribution >= 0.6 is 0 Å². The number of fused-ring (bicyclic) bond motifs is 1. The molecule has 8 nitrogen and oxygen atoms in total. The van der Waals surface area contributed by atoms with Crippen LogP contribution in [0.3, 0.4) is 0 Å². The maximum atomic E-state index is 14.0. The molecule has 1 aliphatic heterocycles. The van der Waals surface area contributed by atoms with E-state index < -0.39 is 15.7 Å². The molecule has 0 atom stereocenters. The molecule has 1 aromatic heterocycles. The SMILES string of the molecule is CCOc1ccc2c(c1)n(C1CCCCC1)c(=O)n2S(=O)(=O)c1ccc(N2CC=CC2)cc1OC. The van der Waals surface area contributed by atoms with Crippen LogP contribution < -0.4 is 20.1 Å². The van der Waals surface area contributed by atoms with Gasteiger partial charge in [0.25, 0.3) is 10.0 Å². The lowest BCUT2D eigenvalue weighted by molar-refractivity contribution is 0.339. The minimum absolute atomic E-state index is 0.0328. The van der Waals surface area contributed by atoms with Gasteiger partial charge < -0.3 is 14.4 Å².